The number of aliphatic imine (C=N–C) groups is 1. The Balaban J connectivity index is 1.72. The molecule has 1 aromatic carbocycles. The minimum atomic E-state index is -0.0692. The van der Waals surface area contributed by atoms with Crippen molar-refractivity contribution in [3.8, 4) is 5.75 Å². The summed E-state index contributed by atoms with van der Waals surface area (Å²) in [6, 6.07) is 9.93. The summed E-state index contributed by atoms with van der Waals surface area (Å²) in [5.74, 6) is 2.37. The van der Waals surface area contributed by atoms with Gasteiger partial charge in [-0.3, -0.25) is 4.79 Å². The molecule has 1 aromatic heterocycles. The number of amides is 1. The van der Waals surface area contributed by atoms with Gasteiger partial charge in [0.2, 0.25) is 5.91 Å². The SMILES string of the molecule is CC(C)c1cc(CNC(=NCC(=O)N(C)C)NC2CCOc3ccccc32)on1. The average Bonchev–Trinajstić information content (AvgIpc) is 3.19. The van der Waals surface area contributed by atoms with E-state index in [4.69, 9.17) is 9.26 Å². The topological polar surface area (TPSA) is 92.0 Å². The van der Waals surface area contributed by atoms with Gasteiger partial charge in [0, 0.05) is 32.1 Å². The molecule has 29 heavy (non-hydrogen) atoms. The van der Waals surface area contributed by atoms with E-state index >= 15 is 0 Å². The summed E-state index contributed by atoms with van der Waals surface area (Å²) >= 11 is 0. The van der Waals surface area contributed by atoms with Gasteiger partial charge >= 0.3 is 0 Å². The summed E-state index contributed by atoms with van der Waals surface area (Å²) in [5, 5.41) is 10.8. The number of carbonyl (C=O) groups excluding carboxylic acids is 1. The fourth-order valence-corrected chi connectivity index (χ4v) is 2.95. The Bertz CT molecular complexity index is 860. The molecule has 1 atom stereocenters. The van der Waals surface area contributed by atoms with Crippen molar-refractivity contribution in [2.24, 2.45) is 4.99 Å². The van der Waals surface area contributed by atoms with E-state index in [1.165, 1.54) is 4.90 Å². The maximum Gasteiger partial charge on any atom is 0.243 e. The van der Waals surface area contributed by atoms with Gasteiger partial charge in [0.25, 0.3) is 0 Å². The van der Waals surface area contributed by atoms with Crippen LogP contribution in [0.1, 0.15) is 49.2 Å². The smallest absolute Gasteiger partial charge is 0.243 e. The van der Waals surface area contributed by atoms with E-state index in [2.05, 4.69) is 34.6 Å². The second kappa shape index (κ2) is 9.45. The molecule has 0 bridgehead atoms. The van der Waals surface area contributed by atoms with Crippen molar-refractivity contribution in [2.75, 3.05) is 27.2 Å². The Hall–Kier alpha value is -3.03. The standard InChI is InChI=1S/C21H29N5O3/c1-14(2)18-11-15(29-25-18)12-22-21(23-13-20(27)26(3)4)24-17-9-10-28-19-8-6-5-7-16(17)19/h5-8,11,14,17H,9-10,12-13H2,1-4H3,(H2,22,23,24). The van der Waals surface area contributed by atoms with Crippen molar-refractivity contribution >= 4 is 11.9 Å². The molecule has 1 unspecified atom stereocenters. The molecule has 0 saturated carbocycles. The predicted octanol–water partition coefficient (Wildman–Crippen LogP) is 2.45. The first-order valence-electron chi connectivity index (χ1n) is 9.86. The number of aromatic nitrogens is 1. The summed E-state index contributed by atoms with van der Waals surface area (Å²) in [4.78, 5) is 18.0. The maximum atomic E-state index is 12.0. The van der Waals surface area contributed by atoms with E-state index in [1.54, 1.807) is 14.1 Å². The van der Waals surface area contributed by atoms with Crippen molar-refractivity contribution < 1.29 is 14.1 Å². The number of para-hydroxylation sites is 1. The number of hydrogen-bond acceptors (Lipinski definition) is 5. The number of carbonyl (C=O) groups is 1. The van der Waals surface area contributed by atoms with Gasteiger partial charge in [-0.2, -0.15) is 0 Å². The molecule has 0 spiro atoms. The Morgan fingerprint density at radius 2 is 2.14 bits per heavy atom. The zero-order valence-corrected chi connectivity index (χ0v) is 17.4. The van der Waals surface area contributed by atoms with Gasteiger partial charge in [0.15, 0.2) is 11.7 Å². The first-order valence-corrected chi connectivity index (χ1v) is 9.86. The van der Waals surface area contributed by atoms with Crippen LogP contribution in [0.25, 0.3) is 0 Å². The largest absolute Gasteiger partial charge is 0.493 e. The second-order valence-corrected chi connectivity index (χ2v) is 7.55. The molecule has 8 nitrogen and oxygen atoms in total. The number of likely N-dealkylation sites (N-methyl/N-ethyl adjacent to an activating group) is 1. The molecule has 1 aliphatic heterocycles. The van der Waals surface area contributed by atoms with Gasteiger partial charge in [0.05, 0.1) is 24.9 Å². The lowest BCUT2D eigenvalue weighted by atomic mass is 10.0. The quantitative estimate of drug-likeness (QED) is 0.573. The fraction of sp³-hybridized carbons (Fsp3) is 0.476. The molecule has 0 saturated heterocycles. The van der Waals surface area contributed by atoms with E-state index < -0.39 is 0 Å². The number of nitrogens with zero attached hydrogens (tertiary/aromatic N) is 3. The Morgan fingerprint density at radius 3 is 2.86 bits per heavy atom. The molecule has 2 heterocycles. The van der Waals surface area contributed by atoms with Gasteiger partial charge in [0.1, 0.15) is 12.3 Å². The van der Waals surface area contributed by atoms with Gasteiger partial charge in [-0.15, -0.1) is 0 Å². The third-order valence-electron chi connectivity index (χ3n) is 4.74. The maximum absolute atomic E-state index is 12.0. The molecule has 156 valence electrons. The van der Waals surface area contributed by atoms with Crippen LogP contribution in [0.5, 0.6) is 5.75 Å². The van der Waals surface area contributed by atoms with Crippen LogP contribution in [0, 0.1) is 0 Å². The molecule has 0 fully saturated rings. The van der Waals surface area contributed by atoms with Crippen molar-refractivity contribution in [2.45, 2.75) is 38.8 Å². The number of hydrogen-bond donors (Lipinski definition) is 2. The van der Waals surface area contributed by atoms with Crippen LogP contribution in [0.4, 0.5) is 0 Å². The van der Waals surface area contributed by atoms with Crippen molar-refractivity contribution in [1.82, 2.24) is 20.7 Å². The molecule has 3 rings (SSSR count). The lowest BCUT2D eigenvalue weighted by molar-refractivity contribution is -0.127. The van der Waals surface area contributed by atoms with Crippen LogP contribution in [0.3, 0.4) is 0 Å². The van der Waals surface area contributed by atoms with Crippen molar-refractivity contribution in [1.29, 1.82) is 0 Å². The van der Waals surface area contributed by atoms with E-state index in [0.717, 1.165) is 29.2 Å². The number of nitrogens with one attached hydrogen (secondary N) is 2. The monoisotopic (exact) mass is 399 g/mol. The molecular weight excluding hydrogens is 370 g/mol. The van der Waals surface area contributed by atoms with Crippen molar-refractivity contribution in [3.63, 3.8) is 0 Å². The third-order valence-corrected chi connectivity index (χ3v) is 4.74. The number of benzene rings is 1. The van der Waals surface area contributed by atoms with Gasteiger partial charge in [-0.1, -0.05) is 37.2 Å². The first-order chi connectivity index (χ1) is 13.9. The van der Waals surface area contributed by atoms with Crippen LogP contribution in [-0.4, -0.2) is 49.2 Å². The highest BCUT2D eigenvalue weighted by Crippen LogP contribution is 2.31. The molecule has 1 amide bonds. The Kier molecular flexibility index (Phi) is 6.74. The second-order valence-electron chi connectivity index (χ2n) is 7.55. The van der Waals surface area contributed by atoms with Crippen molar-refractivity contribution in [3.05, 3.63) is 47.3 Å². The summed E-state index contributed by atoms with van der Waals surface area (Å²) in [6.07, 6.45) is 0.805. The molecule has 8 heteroatoms. The normalized spacial score (nSPS) is 16.2. The first kappa shape index (κ1) is 20.7. The average molecular weight is 399 g/mol. The minimum Gasteiger partial charge on any atom is -0.493 e. The third kappa shape index (κ3) is 5.49. The molecule has 2 aromatic rings. The van der Waals surface area contributed by atoms with E-state index in [0.29, 0.717) is 25.0 Å². The molecular formula is C21H29N5O3. The van der Waals surface area contributed by atoms with Crippen LogP contribution < -0.4 is 15.4 Å². The van der Waals surface area contributed by atoms with E-state index in [9.17, 15) is 4.79 Å². The Labute approximate surface area is 171 Å². The van der Waals surface area contributed by atoms with Crippen LogP contribution in [-0.2, 0) is 11.3 Å². The zero-order valence-electron chi connectivity index (χ0n) is 17.4. The number of rotatable bonds is 6. The van der Waals surface area contributed by atoms with Gasteiger partial charge in [-0.25, -0.2) is 4.99 Å². The molecule has 0 aliphatic carbocycles. The van der Waals surface area contributed by atoms with Crippen LogP contribution in [0.15, 0.2) is 39.8 Å². The van der Waals surface area contributed by atoms with Gasteiger partial charge < -0.3 is 24.8 Å². The molecule has 0 radical (unpaired) electrons. The summed E-state index contributed by atoms with van der Waals surface area (Å²) in [5.41, 5.74) is 1.99. The number of fused-ring (bicyclic) bond motifs is 1. The van der Waals surface area contributed by atoms with E-state index in [-0.39, 0.29) is 18.5 Å². The fourth-order valence-electron chi connectivity index (χ4n) is 2.95. The molecule has 1 aliphatic rings. The van der Waals surface area contributed by atoms with Gasteiger partial charge in [-0.05, 0) is 12.0 Å². The highest BCUT2D eigenvalue weighted by Gasteiger charge is 2.22. The van der Waals surface area contributed by atoms with Crippen LogP contribution >= 0.6 is 0 Å². The highest BCUT2D eigenvalue weighted by molar-refractivity contribution is 5.85. The lowest BCUT2D eigenvalue weighted by Gasteiger charge is -2.28. The summed E-state index contributed by atoms with van der Waals surface area (Å²) in [6.45, 7) is 5.24. The predicted molar refractivity (Wildman–Crippen MR) is 111 cm³/mol. The highest BCUT2D eigenvalue weighted by atomic mass is 16.5. The number of ether oxygens (including phenoxy) is 1. The minimum absolute atomic E-state index is 0.0432. The number of guanidine groups is 1. The van der Waals surface area contributed by atoms with Crippen LogP contribution in [0.2, 0.25) is 0 Å². The zero-order chi connectivity index (χ0) is 20.8. The van der Waals surface area contributed by atoms with E-state index in [1.807, 2.05) is 30.3 Å². The summed E-state index contributed by atoms with van der Waals surface area (Å²) in [7, 11) is 3.43. The molecule has 2 N–H and O–H groups in total. The summed E-state index contributed by atoms with van der Waals surface area (Å²) < 4.78 is 11.1. The lowest BCUT2D eigenvalue weighted by Crippen LogP contribution is -2.41. The Morgan fingerprint density at radius 1 is 1.34 bits per heavy atom.